The fraction of sp³-hybridized carbons (Fsp3) is 0.533. The molecule has 2 rings (SSSR count). The van der Waals surface area contributed by atoms with Gasteiger partial charge in [-0.25, -0.2) is 4.98 Å². The van der Waals surface area contributed by atoms with Crippen molar-refractivity contribution in [2.45, 2.75) is 39.7 Å². The highest BCUT2D eigenvalue weighted by Gasteiger charge is 2.18. The Kier molecular flexibility index (Phi) is 4.37. The third-order valence-corrected chi connectivity index (χ3v) is 3.53. The smallest absolute Gasteiger partial charge is 0.197 e. The van der Waals surface area contributed by atoms with Gasteiger partial charge in [-0.05, 0) is 24.6 Å². The van der Waals surface area contributed by atoms with Crippen LogP contribution in [0.25, 0.3) is 11.1 Å². The zero-order chi connectivity index (χ0) is 13.0. The lowest BCUT2D eigenvalue weighted by molar-refractivity contribution is 0.346. The van der Waals surface area contributed by atoms with E-state index in [9.17, 15) is 0 Å². The molecule has 0 spiro atoms. The molecule has 0 aliphatic heterocycles. The first-order valence-electron chi connectivity index (χ1n) is 6.82. The summed E-state index contributed by atoms with van der Waals surface area (Å²) in [4.78, 5) is 4.54. The molecule has 0 saturated carbocycles. The number of nitrogens with one attached hydrogen (secondary N) is 1. The highest BCUT2D eigenvalue weighted by Crippen LogP contribution is 2.18. The second-order valence-electron chi connectivity index (χ2n) is 4.83. The lowest BCUT2D eigenvalue weighted by Gasteiger charge is -2.22. The molecular weight excluding hydrogens is 224 g/mol. The number of oxazole rings is 1. The number of rotatable bonds is 6. The Bertz CT molecular complexity index is 459. The molecule has 0 bridgehead atoms. The summed E-state index contributed by atoms with van der Waals surface area (Å²) in [5.74, 6) is 1.46. The molecular formula is C15H22N2O. The molecule has 1 heterocycles. The highest BCUT2D eigenvalue weighted by atomic mass is 16.3. The number of fused-ring (bicyclic) bond motifs is 1. The van der Waals surface area contributed by atoms with Crippen molar-refractivity contribution in [1.29, 1.82) is 0 Å². The molecule has 0 aliphatic rings. The van der Waals surface area contributed by atoms with Gasteiger partial charge in [0.2, 0.25) is 0 Å². The molecule has 2 atom stereocenters. The maximum Gasteiger partial charge on any atom is 0.197 e. The molecule has 3 nitrogen and oxygen atoms in total. The van der Waals surface area contributed by atoms with Gasteiger partial charge in [0.05, 0.1) is 0 Å². The van der Waals surface area contributed by atoms with E-state index in [1.165, 1.54) is 0 Å². The van der Waals surface area contributed by atoms with E-state index in [4.69, 9.17) is 4.42 Å². The molecule has 0 radical (unpaired) electrons. The van der Waals surface area contributed by atoms with Crippen LogP contribution in [0.4, 0.5) is 0 Å². The molecule has 0 fully saturated rings. The summed E-state index contributed by atoms with van der Waals surface area (Å²) < 4.78 is 5.79. The maximum absolute atomic E-state index is 5.79. The van der Waals surface area contributed by atoms with Crippen LogP contribution < -0.4 is 5.32 Å². The summed E-state index contributed by atoms with van der Waals surface area (Å²) in [6.45, 7) is 7.62. The van der Waals surface area contributed by atoms with Crippen molar-refractivity contribution in [3.8, 4) is 0 Å². The fourth-order valence-corrected chi connectivity index (χ4v) is 2.22. The zero-order valence-electron chi connectivity index (χ0n) is 11.4. The normalized spacial score (nSPS) is 14.8. The van der Waals surface area contributed by atoms with Gasteiger partial charge in [0.1, 0.15) is 5.52 Å². The van der Waals surface area contributed by atoms with Gasteiger partial charge in [-0.2, -0.15) is 0 Å². The van der Waals surface area contributed by atoms with Crippen LogP contribution in [0.3, 0.4) is 0 Å². The lowest BCUT2D eigenvalue weighted by Crippen LogP contribution is -2.36. The second-order valence-corrected chi connectivity index (χ2v) is 4.83. The fourth-order valence-electron chi connectivity index (χ4n) is 2.22. The van der Waals surface area contributed by atoms with Crippen LogP contribution in [0, 0.1) is 5.92 Å². The summed E-state index contributed by atoms with van der Waals surface area (Å²) >= 11 is 0. The van der Waals surface area contributed by atoms with Crippen LogP contribution in [0.2, 0.25) is 0 Å². The number of hydrogen-bond acceptors (Lipinski definition) is 3. The van der Waals surface area contributed by atoms with Gasteiger partial charge in [-0.3, -0.25) is 0 Å². The van der Waals surface area contributed by atoms with Crippen LogP contribution in [-0.2, 0) is 6.42 Å². The van der Waals surface area contributed by atoms with E-state index in [-0.39, 0.29) is 0 Å². The Morgan fingerprint density at radius 1 is 1.28 bits per heavy atom. The quantitative estimate of drug-likeness (QED) is 0.849. The van der Waals surface area contributed by atoms with Crippen LogP contribution in [-0.4, -0.2) is 17.6 Å². The Morgan fingerprint density at radius 2 is 2.06 bits per heavy atom. The lowest BCUT2D eigenvalue weighted by atomic mass is 9.96. The summed E-state index contributed by atoms with van der Waals surface area (Å²) in [6, 6.07) is 8.37. The van der Waals surface area contributed by atoms with Gasteiger partial charge in [0, 0.05) is 12.5 Å². The van der Waals surface area contributed by atoms with E-state index in [0.717, 1.165) is 36.4 Å². The Morgan fingerprint density at radius 3 is 2.72 bits per heavy atom. The minimum atomic E-state index is 0.438. The van der Waals surface area contributed by atoms with Crippen LogP contribution in [0.1, 0.15) is 33.1 Å². The first kappa shape index (κ1) is 13.1. The minimum absolute atomic E-state index is 0.438. The molecule has 2 unspecified atom stereocenters. The summed E-state index contributed by atoms with van der Waals surface area (Å²) in [5, 5.41) is 3.53. The topological polar surface area (TPSA) is 38.1 Å². The second kappa shape index (κ2) is 6.01. The molecule has 0 saturated heterocycles. The Labute approximate surface area is 109 Å². The van der Waals surface area contributed by atoms with E-state index in [1.54, 1.807) is 0 Å². The predicted molar refractivity (Wildman–Crippen MR) is 74.6 cm³/mol. The molecule has 3 heteroatoms. The molecule has 1 N–H and O–H groups in total. The molecule has 1 aromatic carbocycles. The minimum Gasteiger partial charge on any atom is -0.441 e. The average Bonchev–Trinajstić information content (AvgIpc) is 2.79. The number of aromatic nitrogens is 1. The van der Waals surface area contributed by atoms with Crippen LogP contribution >= 0.6 is 0 Å². The molecule has 2 aromatic rings. The van der Waals surface area contributed by atoms with E-state index < -0.39 is 0 Å². The molecule has 0 aliphatic carbocycles. The van der Waals surface area contributed by atoms with Gasteiger partial charge in [-0.15, -0.1) is 0 Å². The average molecular weight is 246 g/mol. The van der Waals surface area contributed by atoms with Crippen molar-refractivity contribution in [3.63, 3.8) is 0 Å². The summed E-state index contributed by atoms with van der Waals surface area (Å²) in [7, 11) is 0. The number of likely N-dealkylation sites (N-methyl/N-ethyl adjacent to an activating group) is 1. The van der Waals surface area contributed by atoms with Gasteiger partial charge in [-0.1, -0.05) is 39.3 Å². The summed E-state index contributed by atoms with van der Waals surface area (Å²) in [6.07, 6.45) is 2.02. The first-order chi connectivity index (χ1) is 8.74. The van der Waals surface area contributed by atoms with Gasteiger partial charge >= 0.3 is 0 Å². The number of hydrogen-bond donors (Lipinski definition) is 1. The number of benzene rings is 1. The summed E-state index contributed by atoms with van der Waals surface area (Å²) in [5.41, 5.74) is 1.83. The standard InChI is InChI=1S/C15H22N2O/c1-4-11(3)13(16-5-2)10-15-17-12-8-6-7-9-14(12)18-15/h6-9,11,13,16H,4-5,10H2,1-3H3. The van der Waals surface area contributed by atoms with Gasteiger partial charge < -0.3 is 9.73 Å². The first-order valence-corrected chi connectivity index (χ1v) is 6.82. The zero-order valence-corrected chi connectivity index (χ0v) is 11.4. The molecule has 0 amide bonds. The Hall–Kier alpha value is -1.35. The van der Waals surface area contributed by atoms with E-state index in [0.29, 0.717) is 12.0 Å². The third kappa shape index (κ3) is 2.91. The van der Waals surface area contributed by atoms with Crippen molar-refractivity contribution in [2.24, 2.45) is 5.92 Å². The van der Waals surface area contributed by atoms with Crippen LogP contribution in [0.15, 0.2) is 28.7 Å². The van der Waals surface area contributed by atoms with Crippen molar-refractivity contribution < 1.29 is 4.42 Å². The maximum atomic E-state index is 5.79. The van der Waals surface area contributed by atoms with E-state index in [1.807, 2.05) is 24.3 Å². The SMILES string of the molecule is CCNC(Cc1nc2ccccc2o1)C(C)CC. The van der Waals surface area contributed by atoms with Gasteiger partial charge in [0.15, 0.2) is 11.5 Å². The molecule has 98 valence electrons. The van der Waals surface area contributed by atoms with Gasteiger partial charge in [0.25, 0.3) is 0 Å². The molecule has 1 aromatic heterocycles. The number of nitrogens with zero attached hydrogens (tertiary/aromatic N) is 1. The van der Waals surface area contributed by atoms with Crippen LogP contribution in [0.5, 0.6) is 0 Å². The Balaban J connectivity index is 2.14. The largest absolute Gasteiger partial charge is 0.441 e. The highest BCUT2D eigenvalue weighted by molar-refractivity contribution is 5.72. The van der Waals surface area contributed by atoms with E-state index >= 15 is 0 Å². The predicted octanol–water partition coefficient (Wildman–Crippen LogP) is 3.39. The monoisotopic (exact) mass is 246 g/mol. The van der Waals surface area contributed by atoms with Crippen molar-refractivity contribution in [1.82, 2.24) is 10.3 Å². The van der Waals surface area contributed by atoms with Crippen molar-refractivity contribution >= 4 is 11.1 Å². The third-order valence-electron chi connectivity index (χ3n) is 3.53. The van der Waals surface area contributed by atoms with E-state index in [2.05, 4.69) is 31.1 Å². The molecule has 18 heavy (non-hydrogen) atoms. The van der Waals surface area contributed by atoms with Crippen molar-refractivity contribution in [2.75, 3.05) is 6.54 Å². The van der Waals surface area contributed by atoms with Crippen molar-refractivity contribution in [3.05, 3.63) is 30.2 Å². The number of para-hydroxylation sites is 2.